The van der Waals surface area contributed by atoms with Crippen LogP contribution in [-0.4, -0.2) is 34.7 Å². The van der Waals surface area contributed by atoms with Gasteiger partial charge in [0.2, 0.25) is 0 Å². The Morgan fingerprint density at radius 3 is 2.46 bits per heavy atom. The molecular formula is C21H23N3O2. The molecule has 0 N–H and O–H groups in total. The van der Waals surface area contributed by atoms with Crippen LogP contribution in [0.25, 0.3) is 5.69 Å². The van der Waals surface area contributed by atoms with Gasteiger partial charge in [-0.15, -0.1) is 0 Å². The summed E-state index contributed by atoms with van der Waals surface area (Å²) in [4.78, 5) is 14.8. The molecule has 0 aliphatic heterocycles. The van der Waals surface area contributed by atoms with E-state index < -0.39 is 0 Å². The molecular weight excluding hydrogens is 326 g/mol. The lowest BCUT2D eigenvalue weighted by Crippen LogP contribution is -2.30. The van der Waals surface area contributed by atoms with E-state index in [1.807, 2.05) is 68.4 Å². The van der Waals surface area contributed by atoms with E-state index in [2.05, 4.69) is 5.10 Å². The van der Waals surface area contributed by atoms with E-state index in [0.29, 0.717) is 5.56 Å². The minimum absolute atomic E-state index is 0.0666. The lowest BCUT2D eigenvalue weighted by atomic mass is 10.1. The maximum absolute atomic E-state index is 13.1. The highest BCUT2D eigenvalue weighted by atomic mass is 16.5. The molecule has 0 aliphatic rings. The maximum atomic E-state index is 13.1. The van der Waals surface area contributed by atoms with Crippen molar-refractivity contribution in [2.45, 2.75) is 19.9 Å². The molecule has 3 rings (SSSR count). The molecule has 0 aliphatic carbocycles. The van der Waals surface area contributed by atoms with Crippen LogP contribution in [-0.2, 0) is 0 Å². The average Bonchev–Trinajstić information content (AvgIpc) is 3.08. The van der Waals surface area contributed by atoms with Crippen LogP contribution in [0, 0.1) is 6.92 Å². The maximum Gasteiger partial charge on any atom is 0.257 e. The highest BCUT2D eigenvalue weighted by Gasteiger charge is 2.24. The number of aromatic nitrogens is 2. The average molecular weight is 349 g/mol. The van der Waals surface area contributed by atoms with Crippen molar-refractivity contribution in [3.8, 4) is 11.4 Å². The van der Waals surface area contributed by atoms with E-state index in [1.165, 1.54) is 0 Å². The molecule has 1 heterocycles. The molecule has 5 heteroatoms. The van der Waals surface area contributed by atoms with E-state index in [1.54, 1.807) is 29.9 Å². The van der Waals surface area contributed by atoms with Gasteiger partial charge in [0.25, 0.3) is 5.91 Å². The summed E-state index contributed by atoms with van der Waals surface area (Å²) in [6, 6.07) is 17.4. The van der Waals surface area contributed by atoms with E-state index >= 15 is 0 Å². The Morgan fingerprint density at radius 2 is 1.77 bits per heavy atom. The fourth-order valence-electron chi connectivity index (χ4n) is 3.04. The van der Waals surface area contributed by atoms with Crippen molar-refractivity contribution in [3.05, 3.63) is 77.6 Å². The Kier molecular flexibility index (Phi) is 5.07. The van der Waals surface area contributed by atoms with Crippen molar-refractivity contribution in [2.24, 2.45) is 0 Å². The second-order valence-corrected chi connectivity index (χ2v) is 6.22. The van der Waals surface area contributed by atoms with Crippen molar-refractivity contribution in [1.29, 1.82) is 0 Å². The predicted molar refractivity (Wildman–Crippen MR) is 102 cm³/mol. The first-order chi connectivity index (χ1) is 12.5. The van der Waals surface area contributed by atoms with Crippen molar-refractivity contribution < 1.29 is 9.53 Å². The summed E-state index contributed by atoms with van der Waals surface area (Å²) in [5.41, 5.74) is 3.32. The Bertz CT molecular complexity index is 903. The third-order valence-corrected chi connectivity index (χ3v) is 4.73. The zero-order valence-corrected chi connectivity index (χ0v) is 15.5. The van der Waals surface area contributed by atoms with Crippen molar-refractivity contribution >= 4 is 5.91 Å². The molecule has 1 unspecified atom stereocenters. The zero-order valence-electron chi connectivity index (χ0n) is 15.5. The number of rotatable bonds is 5. The van der Waals surface area contributed by atoms with Crippen LogP contribution >= 0.6 is 0 Å². The summed E-state index contributed by atoms with van der Waals surface area (Å²) in [7, 11) is 3.44. The van der Waals surface area contributed by atoms with Gasteiger partial charge in [-0.25, -0.2) is 4.68 Å². The number of hydrogen-bond acceptors (Lipinski definition) is 3. The summed E-state index contributed by atoms with van der Waals surface area (Å²) in [5, 5.41) is 4.40. The van der Waals surface area contributed by atoms with E-state index in [9.17, 15) is 4.79 Å². The number of para-hydroxylation sites is 2. The molecule has 0 saturated heterocycles. The van der Waals surface area contributed by atoms with Crippen molar-refractivity contribution in [3.63, 3.8) is 0 Å². The summed E-state index contributed by atoms with van der Waals surface area (Å²) in [6.07, 6.45) is 1.64. The topological polar surface area (TPSA) is 47.4 Å². The lowest BCUT2D eigenvalue weighted by molar-refractivity contribution is 0.0740. The van der Waals surface area contributed by atoms with Crippen molar-refractivity contribution in [2.75, 3.05) is 14.2 Å². The number of methoxy groups -OCH3 is 1. The predicted octanol–water partition coefficient (Wildman–Crippen LogP) is 4.02. The van der Waals surface area contributed by atoms with Gasteiger partial charge >= 0.3 is 0 Å². The Labute approximate surface area is 153 Å². The molecule has 1 atom stereocenters. The fraction of sp³-hybridized carbons (Fsp3) is 0.238. The van der Waals surface area contributed by atoms with Gasteiger partial charge in [0.15, 0.2) is 0 Å². The van der Waals surface area contributed by atoms with Crippen LogP contribution in [0.2, 0.25) is 0 Å². The lowest BCUT2D eigenvalue weighted by Gasteiger charge is -2.26. The number of carbonyl (C=O) groups excluding carboxylic acids is 1. The van der Waals surface area contributed by atoms with Crippen LogP contribution in [0.15, 0.2) is 60.8 Å². The molecule has 0 saturated carbocycles. The van der Waals surface area contributed by atoms with E-state index in [4.69, 9.17) is 4.74 Å². The highest BCUT2D eigenvalue weighted by Crippen LogP contribution is 2.29. The number of benzene rings is 2. The van der Waals surface area contributed by atoms with Crippen LogP contribution in [0.5, 0.6) is 5.75 Å². The smallest absolute Gasteiger partial charge is 0.257 e. The third-order valence-electron chi connectivity index (χ3n) is 4.73. The Hall–Kier alpha value is -3.08. The van der Waals surface area contributed by atoms with Crippen LogP contribution in [0.3, 0.4) is 0 Å². The molecule has 1 aromatic heterocycles. The SMILES string of the molecule is COc1ccccc1C(C)N(C)C(=O)c1cnn(-c2ccccc2)c1C. The third kappa shape index (κ3) is 3.20. The second-order valence-electron chi connectivity index (χ2n) is 6.22. The van der Waals surface area contributed by atoms with Crippen LogP contribution in [0.4, 0.5) is 0 Å². The van der Waals surface area contributed by atoms with E-state index in [-0.39, 0.29) is 11.9 Å². The van der Waals surface area contributed by atoms with Crippen molar-refractivity contribution in [1.82, 2.24) is 14.7 Å². The minimum Gasteiger partial charge on any atom is -0.496 e. The second kappa shape index (κ2) is 7.44. The molecule has 26 heavy (non-hydrogen) atoms. The number of amides is 1. The summed E-state index contributed by atoms with van der Waals surface area (Å²) >= 11 is 0. The van der Waals surface area contributed by atoms with Gasteiger partial charge in [-0.1, -0.05) is 36.4 Å². The first-order valence-electron chi connectivity index (χ1n) is 8.54. The number of nitrogens with zero attached hydrogens (tertiary/aromatic N) is 3. The number of carbonyl (C=O) groups is 1. The summed E-state index contributed by atoms with van der Waals surface area (Å²) in [6.45, 7) is 3.90. The van der Waals surface area contributed by atoms with E-state index in [0.717, 1.165) is 22.7 Å². The largest absolute Gasteiger partial charge is 0.496 e. The zero-order chi connectivity index (χ0) is 18.7. The number of ether oxygens (including phenoxy) is 1. The van der Waals surface area contributed by atoms with Gasteiger partial charge in [0.05, 0.1) is 36.3 Å². The van der Waals surface area contributed by atoms with Gasteiger partial charge in [-0.3, -0.25) is 4.79 Å². The first kappa shape index (κ1) is 17.7. The number of hydrogen-bond donors (Lipinski definition) is 0. The minimum atomic E-state index is -0.127. The van der Waals surface area contributed by atoms with Gasteiger partial charge in [0, 0.05) is 12.6 Å². The quantitative estimate of drug-likeness (QED) is 0.699. The Balaban J connectivity index is 1.89. The highest BCUT2D eigenvalue weighted by molar-refractivity contribution is 5.95. The van der Waals surface area contributed by atoms with Gasteiger partial charge < -0.3 is 9.64 Å². The monoisotopic (exact) mass is 349 g/mol. The molecule has 0 spiro atoms. The van der Waals surface area contributed by atoms with Gasteiger partial charge in [-0.05, 0) is 32.0 Å². The first-order valence-corrected chi connectivity index (χ1v) is 8.54. The standard InChI is InChI=1S/C21H23N3O2/c1-15(18-12-8-9-13-20(18)26-4)23(3)21(25)19-14-22-24(16(19)2)17-10-6-5-7-11-17/h5-15H,1-4H3. The molecule has 3 aromatic rings. The molecule has 5 nitrogen and oxygen atoms in total. The van der Waals surface area contributed by atoms with Gasteiger partial charge in [-0.2, -0.15) is 5.10 Å². The molecule has 0 fully saturated rings. The van der Waals surface area contributed by atoms with Gasteiger partial charge in [0.1, 0.15) is 5.75 Å². The normalized spacial score (nSPS) is 11.8. The van der Waals surface area contributed by atoms with Crippen LogP contribution in [0.1, 0.15) is 34.6 Å². The molecule has 134 valence electrons. The molecule has 0 bridgehead atoms. The van der Waals surface area contributed by atoms with Crippen LogP contribution < -0.4 is 4.74 Å². The fourth-order valence-corrected chi connectivity index (χ4v) is 3.04. The summed E-state index contributed by atoms with van der Waals surface area (Å²) in [5.74, 6) is 0.708. The molecule has 0 radical (unpaired) electrons. The molecule has 2 aromatic carbocycles. The molecule has 1 amide bonds. The Morgan fingerprint density at radius 1 is 1.12 bits per heavy atom. The summed E-state index contributed by atoms with van der Waals surface area (Å²) < 4.78 is 7.22.